The van der Waals surface area contributed by atoms with Crippen LogP contribution < -0.4 is 5.43 Å². The molecule has 3 aromatic carbocycles. The summed E-state index contributed by atoms with van der Waals surface area (Å²) in [5.41, 5.74) is 3.83. The van der Waals surface area contributed by atoms with Crippen molar-refractivity contribution in [1.82, 2.24) is 0 Å². The molecular weight excluding hydrogens is 284 g/mol. The third-order valence-electron chi connectivity index (χ3n) is 4.41. The van der Waals surface area contributed by atoms with Gasteiger partial charge in [0.15, 0.2) is 5.43 Å². The second-order valence-corrected chi connectivity index (χ2v) is 5.78. The van der Waals surface area contributed by atoms with Gasteiger partial charge in [0.1, 0.15) is 11.3 Å². The van der Waals surface area contributed by atoms with Gasteiger partial charge in [0, 0.05) is 21.9 Å². The van der Waals surface area contributed by atoms with Gasteiger partial charge in [0.25, 0.3) is 0 Å². The number of benzene rings is 4. The van der Waals surface area contributed by atoms with Crippen LogP contribution in [0.15, 0.2) is 82.0 Å². The molecule has 5 rings (SSSR count). The Morgan fingerprint density at radius 3 is 2.48 bits per heavy atom. The van der Waals surface area contributed by atoms with E-state index in [0.29, 0.717) is 0 Å². The van der Waals surface area contributed by atoms with Crippen LogP contribution in [0.1, 0.15) is 0 Å². The summed E-state index contributed by atoms with van der Waals surface area (Å²) in [5, 5.41) is 2.82. The van der Waals surface area contributed by atoms with E-state index in [4.69, 9.17) is 4.42 Å². The maximum atomic E-state index is 12.5. The molecule has 1 heterocycles. The van der Waals surface area contributed by atoms with E-state index in [1.807, 2.05) is 66.7 Å². The Labute approximate surface area is 132 Å². The fraction of sp³-hybridized carbons (Fsp3) is 0. The molecule has 0 fully saturated rings. The van der Waals surface area contributed by atoms with Crippen LogP contribution >= 0.6 is 0 Å². The largest absolute Gasteiger partial charge is 0.456 e. The van der Waals surface area contributed by atoms with Gasteiger partial charge in [0.05, 0.1) is 0 Å². The van der Waals surface area contributed by atoms with Crippen molar-refractivity contribution < 1.29 is 4.42 Å². The molecule has 0 saturated carbocycles. The SMILES string of the molecule is O=c1cc2cc(-c3ccccc3)oc3ccc4cccc1c4c3-2. The van der Waals surface area contributed by atoms with Gasteiger partial charge in [0.2, 0.25) is 0 Å². The average Bonchev–Trinajstić information content (AvgIpc) is 2.61. The topological polar surface area (TPSA) is 30.2 Å². The molecule has 0 spiro atoms. The minimum absolute atomic E-state index is 0.0563. The molecule has 2 aliphatic rings. The summed E-state index contributed by atoms with van der Waals surface area (Å²) in [6.45, 7) is 0. The Balaban J connectivity index is 1.98. The first kappa shape index (κ1) is 12.4. The smallest absolute Gasteiger partial charge is 0.187 e. The minimum atomic E-state index is 0.0563. The summed E-state index contributed by atoms with van der Waals surface area (Å²) in [6.07, 6.45) is 0. The van der Waals surface area contributed by atoms with Gasteiger partial charge in [-0.25, -0.2) is 0 Å². The highest BCUT2D eigenvalue weighted by Crippen LogP contribution is 2.39. The molecule has 0 radical (unpaired) electrons. The van der Waals surface area contributed by atoms with Gasteiger partial charge in [-0.1, -0.05) is 54.6 Å². The van der Waals surface area contributed by atoms with Crippen LogP contribution in [0.5, 0.6) is 0 Å². The quantitative estimate of drug-likeness (QED) is 0.400. The maximum absolute atomic E-state index is 12.5. The van der Waals surface area contributed by atoms with Crippen LogP contribution in [0.2, 0.25) is 0 Å². The predicted octanol–water partition coefficient (Wildman–Crippen LogP) is 5.16. The number of hydrogen-bond donors (Lipinski definition) is 0. The van der Waals surface area contributed by atoms with Crippen molar-refractivity contribution in [2.24, 2.45) is 0 Å². The maximum Gasteiger partial charge on any atom is 0.187 e. The zero-order valence-electron chi connectivity index (χ0n) is 12.2. The first-order valence-corrected chi connectivity index (χ1v) is 7.58. The van der Waals surface area contributed by atoms with Crippen molar-refractivity contribution in [2.45, 2.75) is 0 Å². The highest BCUT2D eigenvalue weighted by molar-refractivity contribution is 6.13. The van der Waals surface area contributed by atoms with Gasteiger partial charge in [-0.3, -0.25) is 4.79 Å². The van der Waals surface area contributed by atoms with Gasteiger partial charge in [-0.05, 0) is 29.1 Å². The van der Waals surface area contributed by atoms with Crippen LogP contribution in [0, 0.1) is 0 Å². The molecule has 1 aliphatic carbocycles. The zero-order chi connectivity index (χ0) is 15.4. The monoisotopic (exact) mass is 296 g/mol. The van der Waals surface area contributed by atoms with Crippen molar-refractivity contribution in [3.05, 3.63) is 83.0 Å². The Bertz CT molecular complexity index is 1170. The van der Waals surface area contributed by atoms with Crippen molar-refractivity contribution in [1.29, 1.82) is 0 Å². The van der Waals surface area contributed by atoms with Crippen LogP contribution in [0.4, 0.5) is 0 Å². The van der Waals surface area contributed by atoms with E-state index in [1.165, 1.54) is 0 Å². The van der Waals surface area contributed by atoms with Crippen LogP contribution in [-0.4, -0.2) is 0 Å². The summed E-state index contributed by atoms with van der Waals surface area (Å²) in [7, 11) is 0. The van der Waals surface area contributed by atoms with E-state index >= 15 is 0 Å². The van der Waals surface area contributed by atoms with Gasteiger partial charge in [-0.15, -0.1) is 0 Å². The molecule has 23 heavy (non-hydrogen) atoms. The predicted molar refractivity (Wildman–Crippen MR) is 93.2 cm³/mol. The van der Waals surface area contributed by atoms with Gasteiger partial charge in [-0.2, -0.15) is 0 Å². The molecule has 108 valence electrons. The number of hydrogen-bond acceptors (Lipinski definition) is 2. The van der Waals surface area contributed by atoms with E-state index in [-0.39, 0.29) is 5.43 Å². The molecule has 0 saturated heterocycles. The van der Waals surface area contributed by atoms with E-state index in [9.17, 15) is 4.79 Å². The van der Waals surface area contributed by atoms with Gasteiger partial charge >= 0.3 is 0 Å². The minimum Gasteiger partial charge on any atom is -0.456 e. The first-order valence-electron chi connectivity index (χ1n) is 7.58. The van der Waals surface area contributed by atoms with E-state index in [0.717, 1.165) is 44.2 Å². The molecular formula is C21H12O2. The lowest BCUT2D eigenvalue weighted by Gasteiger charge is -2.15. The van der Waals surface area contributed by atoms with Crippen molar-refractivity contribution in [3.63, 3.8) is 0 Å². The van der Waals surface area contributed by atoms with E-state index in [1.54, 1.807) is 6.07 Å². The van der Waals surface area contributed by atoms with Crippen molar-refractivity contribution in [3.8, 4) is 22.5 Å². The Morgan fingerprint density at radius 1 is 0.739 bits per heavy atom. The molecule has 0 bridgehead atoms. The first-order chi connectivity index (χ1) is 11.3. The fourth-order valence-corrected chi connectivity index (χ4v) is 3.38. The molecule has 1 aliphatic heterocycles. The second kappa shape index (κ2) is 4.43. The van der Waals surface area contributed by atoms with E-state index < -0.39 is 0 Å². The van der Waals surface area contributed by atoms with Crippen LogP contribution in [0.25, 0.3) is 44.2 Å². The summed E-state index contributed by atoms with van der Waals surface area (Å²) in [5.74, 6) is 0.774. The summed E-state index contributed by atoms with van der Waals surface area (Å²) in [6, 6.07) is 23.5. The van der Waals surface area contributed by atoms with E-state index in [2.05, 4.69) is 0 Å². The molecule has 0 amide bonds. The molecule has 0 aromatic heterocycles. The average molecular weight is 296 g/mol. The fourth-order valence-electron chi connectivity index (χ4n) is 3.38. The van der Waals surface area contributed by atoms with Gasteiger partial charge < -0.3 is 4.42 Å². The molecule has 2 heteroatoms. The highest BCUT2D eigenvalue weighted by Gasteiger charge is 2.18. The molecule has 0 atom stereocenters. The van der Waals surface area contributed by atoms with Crippen LogP contribution in [-0.2, 0) is 0 Å². The lowest BCUT2D eigenvalue weighted by atomic mass is 9.91. The molecule has 2 nitrogen and oxygen atoms in total. The Hall–Kier alpha value is -3.13. The summed E-state index contributed by atoms with van der Waals surface area (Å²) in [4.78, 5) is 12.5. The summed E-state index contributed by atoms with van der Waals surface area (Å²) >= 11 is 0. The van der Waals surface area contributed by atoms with Crippen LogP contribution in [0.3, 0.4) is 0 Å². The number of rotatable bonds is 1. The third-order valence-corrected chi connectivity index (χ3v) is 4.41. The molecule has 3 aromatic rings. The lowest BCUT2D eigenvalue weighted by molar-refractivity contribution is 0.617. The third kappa shape index (κ3) is 1.72. The Morgan fingerprint density at radius 2 is 1.61 bits per heavy atom. The standard InChI is InChI=1S/C21H12O2/c22-17-11-15-12-19(13-5-2-1-3-6-13)23-18-10-9-14-7-4-8-16(17)20(14)21(15)18/h1-12H. The second-order valence-electron chi connectivity index (χ2n) is 5.78. The van der Waals surface area contributed by atoms with Crippen molar-refractivity contribution >= 4 is 21.7 Å². The van der Waals surface area contributed by atoms with Crippen molar-refractivity contribution in [2.75, 3.05) is 0 Å². The normalized spacial score (nSPS) is 11.7. The highest BCUT2D eigenvalue weighted by atomic mass is 16.3. The molecule has 0 N–H and O–H groups in total. The lowest BCUT2D eigenvalue weighted by Crippen LogP contribution is -2.03. The summed E-state index contributed by atoms with van der Waals surface area (Å²) < 4.78 is 6.13. The zero-order valence-corrected chi connectivity index (χ0v) is 12.2. The Kier molecular flexibility index (Phi) is 2.39. The molecule has 0 unspecified atom stereocenters.